The maximum atomic E-state index is 13.3. The Kier molecular flexibility index (Phi) is 11.1. The van der Waals surface area contributed by atoms with E-state index in [0.717, 1.165) is 19.3 Å². The van der Waals surface area contributed by atoms with Crippen molar-refractivity contribution in [1.82, 2.24) is 14.5 Å². The lowest BCUT2D eigenvalue weighted by atomic mass is 10.0. The molecule has 1 N–H and O–H groups in total. The summed E-state index contributed by atoms with van der Waals surface area (Å²) in [5.74, 6) is -0.485. The van der Waals surface area contributed by atoms with E-state index in [9.17, 15) is 18.0 Å². The molecule has 1 fully saturated rings. The normalized spacial score (nSPS) is 17.8. The van der Waals surface area contributed by atoms with Crippen LogP contribution in [0.5, 0.6) is 0 Å². The lowest BCUT2D eigenvalue weighted by Gasteiger charge is -2.41. The van der Waals surface area contributed by atoms with Gasteiger partial charge in [-0.3, -0.25) is 9.59 Å². The van der Waals surface area contributed by atoms with Crippen molar-refractivity contribution in [1.29, 1.82) is 0 Å². The van der Waals surface area contributed by atoms with Gasteiger partial charge in [-0.05, 0) is 37.5 Å². The SMILES string of the molecule is CCCCCCCC(=O)N1CCN(C(=O)C(NS(=O)(=O)c2cc(Cl)ccc2Cl)C(C)C)CC1C. The summed E-state index contributed by atoms with van der Waals surface area (Å²) in [5, 5.41) is 0.263. The molecule has 7 nitrogen and oxygen atoms in total. The number of rotatable bonds is 11. The molecule has 10 heteroatoms. The zero-order valence-electron chi connectivity index (χ0n) is 20.5. The molecule has 0 radical (unpaired) electrons. The zero-order chi connectivity index (χ0) is 25.5. The quantitative estimate of drug-likeness (QED) is 0.417. The Morgan fingerprint density at radius 1 is 1.12 bits per heavy atom. The van der Waals surface area contributed by atoms with Gasteiger partial charge in [0.2, 0.25) is 21.8 Å². The Bertz CT molecular complexity index is 956. The fraction of sp³-hybridized carbons (Fsp3) is 0.667. The highest BCUT2D eigenvalue weighted by Gasteiger charge is 2.36. The van der Waals surface area contributed by atoms with Crippen LogP contribution in [0.25, 0.3) is 0 Å². The van der Waals surface area contributed by atoms with Crippen molar-refractivity contribution < 1.29 is 18.0 Å². The lowest BCUT2D eigenvalue weighted by molar-refractivity contribution is -0.144. The Balaban J connectivity index is 2.03. The topological polar surface area (TPSA) is 86.8 Å². The van der Waals surface area contributed by atoms with Crippen LogP contribution in [0.2, 0.25) is 10.0 Å². The van der Waals surface area contributed by atoms with Crippen LogP contribution in [-0.2, 0) is 19.6 Å². The lowest BCUT2D eigenvalue weighted by Crippen LogP contribution is -2.59. The van der Waals surface area contributed by atoms with E-state index in [1.807, 2.05) is 11.8 Å². The number of carbonyl (C=O) groups is 2. The van der Waals surface area contributed by atoms with Gasteiger partial charge in [-0.2, -0.15) is 4.72 Å². The highest BCUT2D eigenvalue weighted by atomic mass is 35.5. The molecule has 0 saturated carbocycles. The van der Waals surface area contributed by atoms with E-state index in [2.05, 4.69) is 11.6 Å². The van der Waals surface area contributed by atoms with E-state index in [0.29, 0.717) is 26.1 Å². The second kappa shape index (κ2) is 13.1. The van der Waals surface area contributed by atoms with Gasteiger partial charge < -0.3 is 9.80 Å². The van der Waals surface area contributed by atoms with Crippen molar-refractivity contribution in [3.05, 3.63) is 28.2 Å². The van der Waals surface area contributed by atoms with Gasteiger partial charge in [0.15, 0.2) is 0 Å². The number of sulfonamides is 1. The molecule has 2 rings (SSSR count). The molecule has 1 aliphatic heterocycles. The third-order valence-electron chi connectivity index (χ3n) is 6.15. The van der Waals surface area contributed by atoms with Crippen LogP contribution in [0.3, 0.4) is 0 Å². The number of benzene rings is 1. The van der Waals surface area contributed by atoms with Gasteiger partial charge in [0.05, 0.1) is 5.02 Å². The van der Waals surface area contributed by atoms with Crippen molar-refractivity contribution in [2.24, 2.45) is 5.92 Å². The highest BCUT2D eigenvalue weighted by molar-refractivity contribution is 7.89. The van der Waals surface area contributed by atoms with E-state index >= 15 is 0 Å². The summed E-state index contributed by atoms with van der Waals surface area (Å²) in [5.41, 5.74) is 0. The zero-order valence-corrected chi connectivity index (χ0v) is 22.8. The first-order valence-corrected chi connectivity index (χ1v) is 14.3. The molecule has 1 aliphatic rings. The largest absolute Gasteiger partial charge is 0.337 e. The first kappa shape index (κ1) is 28.9. The second-order valence-electron chi connectivity index (χ2n) is 9.30. The number of halogens is 2. The van der Waals surface area contributed by atoms with Gasteiger partial charge in [0.25, 0.3) is 0 Å². The van der Waals surface area contributed by atoms with Crippen LogP contribution >= 0.6 is 23.2 Å². The van der Waals surface area contributed by atoms with Crippen LogP contribution in [0, 0.1) is 5.92 Å². The number of piperazine rings is 1. The van der Waals surface area contributed by atoms with Gasteiger partial charge in [-0.1, -0.05) is 69.7 Å². The summed E-state index contributed by atoms with van der Waals surface area (Å²) in [6.45, 7) is 8.83. The van der Waals surface area contributed by atoms with Crippen molar-refractivity contribution in [2.45, 2.75) is 83.2 Å². The van der Waals surface area contributed by atoms with Crippen LogP contribution < -0.4 is 4.72 Å². The summed E-state index contributed by atoms with van der Waals surface area (Å²) in [7, 11) is -4.07. The molecule has 2 atom stereocenters. The maximum Gasteiger partial charge on any atom is 0.242 e. The fourth-order valence-electron chi connectivity index (χ4n) is 4.13. The summed E-state index contributed by atoms with van der Waals surface area (Å²) < 4.78 is 28.5. The summed E-state index contributed by atoms with van der Waals surface area (Å²) in [6.07, 6.45) is 5.97. The van der Waals surface area contributed by atoms with E-state index in [1.165, 1.54) is 31.0 Å². The standard InChI is InChI=1S/C24H37Cl2N3O4S/c1-5-6-7-8-9-10-22(30)29-14-13-28(16-18(29)4)24(31)23(17(2)3)27-34(32,33)21-15-19(25)11-12-20(21)26/h11-12,15,17-18,23,27H,5-10,13-14,16H2,1-4H3. The number of nitrogens with one attached hydrogen (secondary N) is 1. The van der Waals surface area contributed by atoms with Gasteiger partial charge in [-0.25, -0.2) is 8.42 Å². The average molecular weight is 535 g/mol. The number of unbranched alkanes of at least 4 members (excludes halogenated alkanes) is 4. The molecule has 34 heavy (non-hydrogen) atoms. The molecule has 192 valence electrons. The van der Waals surface area contributed by atoms with Crippen LogP contribution in [-0.4, -0.2) is 61.7 Å². The van der Waals surface area contributed by atoms with E-state index in [4.69, 9.17) is 23.2 Å². The maximum absolute atomic E-state index is 13.3. The van der Waals surface area contributed by atoms with Crippen LogP contribution in [0.1, 0.15) is 66.2 Å². The van der Waals surface area contributed by atoms with Gasteiger partial charge in [0, 0.05) is 37.1 Å². The molecule has 1 aromatic carbocycles. The number of hydrogen-bond donors (Lipinski definition) is 1. The molecule has 1 aromatic rings. The van der Waals surface area contributed by atoms with E-state index in [1.54, 1.807) is 18.7 Å². The fourth-order valence-corrected chi connectivity index (χ4v) is 6.23. The van der Waals surface area contributed by atoms with E-state index in [-0.39, 0.29) is 38.7 Å². The third-order valence-corrected chi connectivity index (χ3v) is 8.31. The number of nitrogens with zero attached hydrogens (tertiary/aromatic N) is 2. The predicted molar refractivity (Wildman–Crippen MR) is 137 cm³/mol. The van der Waals surface area contributed by atoms with Crippen molar-refractivity contribution >= 4 is 45.0 Å². The number of amides is 2. The monoisotopic (exact) mass is 533 g/mol. The van der Waals surface area contributed by atoms with Gasteiger partial charge in [-0.15, -0.1) is 0 Å². The third kappa shape index (κ3) is 7.83. The van der Waals surface area contributed by atoms with Gasteiger partial charge in [0.1, 0.15) is 10.9 Å². The van der Waals surface area contributed by atoms with Gasteiger partial charge >= 0.3 is 0 Å². The molecule has 0 aromatic heterocycles. The molecule has 2 unspecified atom stereocenters. The van der Waals surface area contributed by atoms with Crippen molar-refractivity contribution in [3.63, 3.8) is 0 Å². The minimum Gasteiger partial charge on any atom is -0.337 e. The Morgan fingerprint density at radius 2 is 1.79 bits per heavy atom. The predicted octanol–water partition coefficient (Wildman–Crippen LogP) is 4.72. The molecular formula is C24H37Cl2N3O4S. The minimum absolute atomic E-state index is 0.0299. The van der Waals surface area contributed by atoms with E-state index < -0.39 is 16.1 Å². The Labute approximate surface area is 214 Å². The average Bonchev–Trinajstić information content (AvgIpc) is 2.78. The molecule has 0 aliphatic carbocycles. The second-order valence-corrected chi connectivity index (χ2v) is 11.8. The molecule has 0 spiro atoms. The highest BCUT2D eigenvalue weighted by Crippen LogP contribution is 2.26. The first-order valence-electron chi connectivity index (χ1n) is 12.0. The smallest absolute Gasteiger partial charge is 0.242 e. The molecular weight excluding hydrogens is 497 g/mol. The van der Waals surface area contributed by atoms with Crippen molar-refractivity contribution in [3.8, 4) is 0 Å². The van der Waals surface area contributed by atoms with Crippen molar-refractivity contribution in [2.75, 3.05) is 19.6 Å². The molecule has 0 bridgehead atoms. The number of hydrogen-bond acceptors (Lipinski definition) is 4. The minimum atomic E-state index is -4.07. The Hall–Kier alpha value is -1.35. The number of carbonyl (C=O) groups excluding carboxylic acids is 2. The van der Waals surface area contributed by atoms with Crippen LogP contribution in [0.4, 0.5) is 0 Å². The molecule has 2 amide bonds. The summed E-state index contributed by atoms with van der Waals surface area (Å²) in [4.78, 5) is 29.3. The van der Waals surface area contributed by atoms with Crippen LogP contribution in [0.15, 0.2) is 23.1 Å². The summed E-state index contributed by atoms with van der Waals surface area (Å²) in [6, 6.07) is 3.08. The first-order chi connectivity index (χ1) is 16.0. The molecule has 1 saturated heterocycles. The Morgan fingerprint density at radius 3 is 2.41 bits per heavy atom. The summed E-state index contributed by atoms with van der Waals surface area (Å²) >= 11 is 12.0. The molecule has 1 heterocycles.